The van der Waals surface area contributed by atoms with E-state index >= 15 is 0 Å². The molecule has 0 spiro atoms. The third-order valence-corrected chi connectivity index (χ3v) is 7.93. The molecule has 2 aromatic carbocycles. The van der Waals surface area contributed by atoms with Gasteiger partial charge in [0.05, 0.1) is 17.5 Å². The van der Waals surface area contributed by atoms with Gasteiger partial charge in [-0.2, -0.15) is 0 Å². The molecule has 2 aliphatic rings. The number of fused-ring (bicyclic) bond motifs is 1. The Kier molecular flexibility index (Phi) is 7.34. The fourth-order valence-electron chi connectivity index (χ4n) is 4.73. The van der Waals surface area contributed by atoms with Crippen molar-refractivity contribution in [2.24, 2.45) is 0 Å². The van der Waals surface area contributed by atoms with Gasteiger partial charge in [0, 0.05) is 41.0 Å². The maximum absolute atomic E-state index is 11.8. The lowest BCUT2D eigenvalue weighted by atomic mass is 10.0. The molecule has 6 nitrogen and oxygen atoms in total. The van der Waals surface area contributed by atoms with E-state index in [9.17, 15) is 8.42 Å². The van der Waals surface area contributed by atoms with Crippen LogP contribution in [0.4, 0.5) is 0 Å². The van der Waals surface area contributed by atoms with Crippen LogP contribution in [0.15, 0.2) is 41.3 Å². The van der Waals surface area contributed by atoms with Crippen LogP contribution in [0, 0.1) is 0 Å². The number of benzene rings is 2. The molecule has 1 heterocycles. The third-order valence-electron chi connectivity index (χ3n) is 6.25. The normalized spacial score (nSPS) is 23.8. The molecule has 32 heavy (non-hydrogen) atoms. The van der Waals surface area contributed by atoms with E-state index in [0.29, 0.717) is 28.4 Å². The van der Waals surface area contributed by atoms with Gasteiger partial charge in [0.15, 0.2) is 9.84 Å². The Bertz CT molecular complexity index is 1060. The van der Waals surface area contributed by atoms with E-state index in [1.807, 2.05) is 6.07 Å². The Hall–Kier alpha value is -1.35. The molecule has 0 amide bonds. The van der Waals surface area contributed by atoms with Crippen molar-refractivity contribution >= 4 is 33.0 Å². The summed E-state index contributed by atoms with van der Waals surface area (Å²) in [7, 11) is -3.27. The number of ether oxygens (including phenoxy) is 1. The average Bonchev–Trinajstić information content (AvgIpc) is 3.11. The summed E-state index contributed by atoms with van der Waals surface area (Å²) < 4.78 is 30.0. The van der Waals surface area contributed by atoms with Gasteiger partial charge >= 0.3 is 0 Å². The molecule has 1 fully saturated rings. The monoisotopic (exact) mass is 498 g/mol. The number of nitrogens with zero attached hydrogens (tertiary/aromatic N) is 1. The highest BCUT2D eigenvalue weighted by Gasteiger charge is 2.41. The SMILES string of the molecule is CS(=O)(=O)c1ccc(O[C@@H]2c3cc(Cl)cc(Cl)c3C[C@@H]2N2CCC[C@@H](NCCO)C2)cc1. The van der Waals surface area contributed by atoms with Crippen LogP contribution in [-0.4, -0.2) is 63.0 Å². The highest BCUT2D eigenvalue weighted by Crippen LogP contribution is 2.43. The van der Waals surface area contributed by atoms with E-state index in [4.69, 9.17) is 33.0 Å². The molecule has 2 aromatic rings. The second kappa shape index (κ2) is 9.87. The summed E-state index contributed by atoms with van der Waals surface area (Å²) in [6.07, 6.45) is 3.79. The third kappa shape index (κ3) is 5.24. The minimum Gasteiger partial charge on any atom is -0.484 e. The zero-order valence-corrected chi connectivity index (χ0v) is 20.3. The van der Waals surface area contributed by atoms with Gasteiger partial charge in [0.1, 0.15) is 11.9 Å². The molecule has 1 saturated heterocycles. The van der Waals surface area contributed by atoms with Crippen molar-refractivity contribution < 1.29 is 18.3 Å². The number of aliphatic hydroxyl groups is 1. The maximum Gasteiger partial charge on any atom is 0.175 e. The first-order chi connectivity index (χ1) is 15.3. The molecule has 9 heteroatoms. The van der Waals surface area contributed by atoms with Gasteiger partial charge in [-0.1, -0.05) is 23.2 Å². The van der Waals surface area contributed by atoms with Crippen LogP contribution in [0.25, 0.3) is 0 Å². The van der Waals surface area contributed by atoms with E-state index in [0.717, 1.165) is 43.5 Å². The van der Waals surface area contributed by atoms with Crippen LogP contribution in [0.2, 0.25) is 10.0 Å². The summed E-state index contributed by atoms with van der Waals surface area (Å²) in [5.41, 5.74) is 2.02. The van der Waals surface area contributed by atoms with E-state index in [-0.39, 0.29) is 23.6 Å². The molecule has 3 atom stereocenters. The van der Waals surface area contributed by atoms with Gasteiger partial charge in [0.2, 0.25) is 0 Å². The van der Waals surface area contributed by atoms with Crippen molar-refractivity contribution in [1.29, 1.82) is 0 Å². The summed E-state index contributed by atoms with van der Waals surface area (Å²) in [5.74, 6) is 0.600. The summed E-state index contributed by atoms with van der Waals surface area (Å²) in [6.45, 7) is 2.51. The second-order valence-corrected chi connectivity index (χ2v) is 11.4. The first kappa shape index (κ1) is 23.8. The Labute approximate surface area is 199 Å². The number of likely N-dealkylation sites (tertiary alicyclic amines) is 1. The minimum absolute atomic E-state index is 0.0780. The van der Waals surface area contributed by atoms with E-state index in [1.54, 1.807) is 30.3 Å². The lowest BCUT2D eigenvalue weighted by molar-refractivity contribution is 0.0539. The number of piperidine rings is 1. The van der Waals surface area contributed by atoms with Crippen molar-refractivity contribution in [3.63, 3.8) is 0 Å². The van der Waals surface area contributed by atoms with Gasteiger partial charge in [0.25, 0.3) is 0 Å². The van der Waals surface area contributed by atoms with Crippen molar-refractivity contribution in [3.8, 4) is 5.75 Å². The molecule has 174 valence electrons. The largest absolute Gasteiger partial charge is 0.484 e. The van der Waals surface area contributed by atoms with Crippen LogP contribution in [0.3, 0.4) is 0 Å². The number of hydrogen-bond acceptors (Lipinski definition) is 6. The van der Waals surface area contributed by atoms with Crippen molar-refractivity contribution in [3.05, 3.63) is 57.6 Å². The van der Waals surface area contributed by atoms with E-state index < -0.39 is 9.84 Å². The van der Waals surface area contributed by atoms with Crippen LogP contribution >= 0.6 is 23.2 Å². The minimum atomic E-state index is -3.27. The van der Waals surface area contributed by atoms with Gasteiger partial charge in [-0.15, -0.1) is 0 Å². The van der Waals surface area contributed by atoms with Crippen molar-refractivity contribution in [1.82, 2.24) is 10.2 Å². The van der Waals surface area contributed by atoms with E-state index in [2.05, 4.69) is 10.2 Å². The summed E-state index contributed by atoms with van der Waals surface area (Å²) >= 11 is 12.9. The predicted molar refractivity (Wildman–Crippen MR) is 127 cm³/mol. The number of aliphatic hydroxyl groups excluding tert-OH is 1. The van der Waals surface area contributed by atoms with Crippen LogP contribution in [-0.2, 0) is 16.3 Å². The summed E-state index contributed by atoms with van der Waals surface area (Å²) in [4.78, 5) is 2.69. The standard InChI is InChI=1S/C23H28Cl2N2O4S/c1-32(29,30)18-6-4-17(5-7-18)31-23-20-11-15(24)12-21(25)19(20)13-22(23)27-9-2-3-16(14-27)26-8-10-28/h4-7,11-12,16,22-23,26,28H,2-3,8-10,13-14H2,1H3/t16-,22+,23-/m1/s1. The van der Waals surface area contributed by atoms with Gasteiger partial charge < -0.3 is 15.2 Å². The first-order valence-corrected chi connectivity index (χ1v) is 13.4. The van der Waals surface area contributed by atoms with Crippen LogP contribution in [0.5, 0.6) is 5.75 Å². The molecule has 1 aliphatic heterocycles. The van der Waals surface area contributed by atoms with Gasteiger partial charge in [-0.25, -0.2) is 8.42 Å². The Morgan fingerprint density at radius 2 is 1.97 bits per heavy atom. The van der Waals surface area contributed by atoms with Gasteiger partial charge in [-0.3, -0.25) is 4.90 Å². The van der Waals surface area contributed by atoms with Crippen molar-refractivity contribution in [2.75, 3.05) is 32.5 Å². The highest BCUT2D eigenvalue weighted by atomic mass is 35.5. The van der Waals surface area contributed by atoms with Gasteiger partial charge in [-0.05, 0) is 67.8 Å². The number of rotatable bonds is 7. The number of sulfone groups is 1. The molecule has 0 bridgehead atoms. The number of nitrogens with one attached hydrogen (secondary N) is 1. The smallest absolute Gasteiger partial charge is 0.175 e. The second-order valence-electron chi connectivity index (χ2n) is 8.52. The number of hydrogen-bond donors (Lipinski definition) is 2. The fourth-order valence-corrected chi connectivity index (χ4v) is 5.95. The molecule has 0 aromatic heterocycles. The number of halogens is 2. The zero-order chi connectivity index (χ0) is 22.9. The fraction of sp³-hybridized carbons (Fsp3) is 0.478. The highest BCUT2D eigenvalue weighted by molar-refractivity contribution is 7.90. The molecule has 1 aliphatic carbocycles. The summed E-state index contributed by atoms with van der Waals surface area (Å²) in [5, 5.41) is 13.8. The van der Waals surface area contributed by atoms with Crippen molar-refractivity contribution in [2.45, 2.75) is 42.3 Å². The summed E-state index contributed by atoms with van der Waals surface area (Å²) in [6, 6.07) is 10.6. The molecule has 4 rings (SSSR count). The Balaban J connectivity index is 1.62. The zero-order valence-electron chi connectivity index (χ0n) is 17.9. The predicted octanol–water partition coefficient (Wildman–Crippen LogP) is 3.49. The molecule has 0 radical (unpaired) electrons. The lowest BCUT2D eigenvalue weighted by Crippen LogP contribution is -2.51. The van der Waals surface area contributed by atoms with E-state index in [1.165, 1.54) is 6.26 Å². The van der Waals surface area contributed by atoms with Crippen LogP contribution in [0.1, 0.15) is 30.1 Å². The average molecular weight is 499 g/mol. The molecule has 0 unspecified atom stereocenters. The Morgan fingerprint density at radius 1 is 1.22 bits per heavy atom. The Morgan fingerprint density at radius 3 is 2.66 bits per heavy atom. The molecular formula is C23H28Cl2N2O4S. The lowest BCUT2D eigenvalue weighted by Gasteiger charge is -2.39. The molecule has 0 saturated carbocycles. The quantitative estimate of drug-likeness (QED) is 0.608. The molecular weight excluding hydrogens is 471 g/mol. The topological polar surface area (TPSA) is 78.9 Å². The van der Waals surface area contributed by atoms with Crippen LogP contribution < -0.4 is 10.1 Å². The molecule has 2 N–H and O–H groups in total. The maximum atomic E-state index is 11.8. The first-order valence-electron chi connectivity index (χ1n) is 10.8.